The molecule has 4 heteroatoms. The van der Waals surface area contributed by atoms with Crippen LogP contribution >= 0.6 is 11.8 Å². The van der Waals surface area contributed by atoms with Crippen molar-refractivity contribution in [1.29, 1.82) is 0 Å². The average molecular weight is 164 g/mol. The Hall–Kier alpha value is -0.830. The zero-order valence-corrected chi connectivity index (χ0v) is 5.62. The van der Waals surface area contributed by atoms with Gasteiger partial charge in [-0.15, -0.1) is 0 Å². The second-order valence-corrected chi connectivity index (χ2v) is 1.91. The van der Waals surface area contributed by atoms with E-state index in [-0.39, 0.29) is 5.69 Å². The number of hydrogen-bond donors (Lipinski definition) is 1. The molecule has 1 rings (SSSR count). The lowest BCUT2D eigenvalue weighted by Gasteiger charge is -1.97. The summed E-state index contributed by atoms with van der Waals surface area (Å²) in [6, 6.07) is 3.00. The van der Waals surface area contributed by atoms with Gasteiger partial charge in [0.1, 0.15) is 11.6 Å². The van der Waals surface area contributed by atoms with Gasteiger partial charge in [0.25, 0.3) is 0 Å². The highest BCUT2D eigenvalue weighted by Gasteiger charge is 2.00. The third kappa shape index (κ3) is 1.36. The molecule has 0 fully saturated rings. The molecule has 1 aromatic rings. The van der Waals surface area contributed by atoms with Crippen molar-refractivity contribution >= 4 is 17.5 Å². The van der Waals surface area contributed by atoms with Crippen molar-refractivity contribution < 1.29 is 8.78 Å². The summed E-state index contributed by atoms with van der Waals surface area (Å²) in [4.78, 5) is 1.99. The summed E-state index contributed by atoms with van der Waals surface area (Å²) in [6.07, 6.45) is 0. The molecule has 54 valence electrons. The quantitative estimate of drug-likeness (QED) is 0.628. The van der Waals surface area contributed by atoms with Gasteiger partial charge in [0.15, 0.2) is 0 Å². The molecule has 0 spiro atoms. The van der Waals surface area contributed by atoms with Gasteiger partial charge in [-0.25, -0.2) is 8.78 Å². The van der Waals surface area contributed by atoms with Gasteiger partial charge >= 0.3 is 0 Å². The van der Waals surface area contributed by atoms with Crippen molar-refractivity contribution in [2.75, 3.05) is 4.84 Å². The van der Waals surface area contributed by atoms with Crippen molar-refractivity contribution in [2.45, 2.75) is 0 Å². The fraction of sp³-hybridized carbons (Fsp3) is 0. The molecule has 1 aromatic carbocycles. The van der Waals surface area contributed by atoms with Crippen LogP contribution in [-0.4, -0.2) is 0 Å². The molecule has 0 atom stereocenters. The van der Waals surface area contributed by atoms with E-state index in [1.165, 1.54) is 0 Å². The first-order valence-corrected chi connectivity index (χ1v) is 2.93. The van der Waals surface area contributed by atoms with Gasteiger partial charge in [-0.05, 0) is 12.1 Å². The summed E-state index contributed by atoms with van der Waals surface area (Å²) in [5, 5.41) is 0. The van der Waals surface area contributed by atoms with E-state index in [9.17, 15) is 8.78 Å². The predicted molar refractivity (Wildman–Crippen MR) is 35.8 cm³/mol. The maximum Gasteiger partial charge on any atom is 0.147 e. The zero-order valence-electron chi connectivity index (χ0n) is 4.87. The standard InChI is InChI=1S/C6H4ClF2N/c7-10-6-3-4(8)1-2-5(6)9/h1-3,10H. The number of hydrogen-bond acceptors (Lipinski definition) is 1. The first kappa shape index (κ1) is 7.28. The van der Waals surface area contributed by atoms with E-state index in [0.717, 1.165) is 18.2 Å². The second-order valence-electron chi connectivity index (χ2n) is 1.72. The molecule has 0 aromatic heterocycles. The van der Waals surface area contributed by atoms with Crippen LogP contribution in [-0.2, 0) is 0 Å². The van der Waals surface area contributed by atoms with E-state index < -0.39 is 11.6 Å². The molecule has 0 bridgehead atoms. The van der Waals surface area contributed by atoms with Crippen molar-refractivity contribution in [1.82, 2.24) is 0 Å². The van der Waals surface area contributed by atoms with Crippen LogP contribution < -0.4 is 4.84 Å². The molecule has 0 heterocycles. The summed E-state index contributed by atoms with van der Waals surface area (Å²) in [7, 11) is 0. The van der Waals surface area contributed by atoms with E-state index in [2.05, 4.69) is 0 Å². The van der Waals surface area contributed by atoms with E-state index in [1.807, 2.05) is 4.84 Å². The van der Waals surface area contributed by atoms with Crippen molar-refractivity contribution in [2.24, 2.45) is 0 Å². The Morgan fingerprint density at radius 2 is 2.00 bits per heavy atom. The van der Waals surface area contributed by atoms with Crippen LogP contribution in [0.15, 0.2) is 18.2 Å². The topological polar surface area (TPSA) is 12.0 Å². The van der Waals surface area contributed by atoms with Crippen LogP contribution in [0.3, 0.4) is 0 Å². The van der Waals surface area contributed by atoms with Gasteiger partial charge in [0.2, 0.25) is 0 Å². The molecular weight excluding hydrogens is 160 g/mol. The number of anilines is 1. The van der Waals surface area contributed by atoms with Gasteiger partial charge in [-0.3, -0.25) is 4.84 Å². The molecule has 0 saturated carbocycles. The smallest absolute Gasteiger partial charge is 0.147 e. The first-order valence-electron chi connectivity index (χ1n) is 2.55. The molecule has 0 unspecified atom stereocenters. The molecule has 10 heavy (non-hydrogen) atoms. The van der Waals surface area contributed by atoms with Crippen LogP contribution in [0.2, 0.25) is 0 Å². The molecule has 0 aliphatic carbocycles. The Bertz CT molecular complexity index is 239. The fourth-order valence-corrected chi connectivity index (χ4v) is 0.715. The molecule has 0 aliphatic heterocycles. The van der Waals surface area contributed by atoms with Gasteiger partial charge in [-0.2, -0.15) is 0 Å². The first-order chi connectivity index (χ1) is 4.74. The summed E-state index contributed by atoms with van der Waals surface area (Å²) >= 11 is 5.05. The molecule has 0 aliphatic rings. The summed E-state index contributed by atoms with van der Waals surface area (Å²) in [6.45, 7) is 0. The Kier molecular flexibility index (Phi) is 2.06. The molecule has 0 amide bonds. The lowest BCUT2D eigenvalue weighted by atomic mass is 10.3. The van der Waals surface area contributed by atoms with Gasteiger partial charge in [0, 0.05) is 17.8 Å². The maximum absolute atomic E-state index is 12.5. The number of benzene rings is 1. The minimum atomic E-state index is -0.573. The highest BCUT2D eigenvalue weighted by Crippen LogP contribution is 2.15. The zero-order chi connectivity index (χ0) is 7.56. The van der Waals surface area contributed by atoms with Gasteiger partial charge in [-0.1, -0.05) is 0 Å². The number of nitrogens with one attached hydrogen (secondary N) is 1. The van der Waals surface area contributed by atoms with Crippen LogP contribution in [0.4, 0.5) is 14.5 Å². The monoisotopic (exact) mass is 163 g/mol. The van der Waals surface area contributed by atoms with Crippen molar-refractivity contribution in [3.05, 3.63) is 29.8 Å². The molecule has 0 radical (unpaired) electrons. The normalized spacial score (nSPS) is 9.50. The Labute approximate surface area is 61.7 Å². The van der Waals surface area contributed by atoms with E-state index in [1.54, 1.807) is 0 Å². The lowest BCUT2D eigenvalue weighted by molar-refractivity contribution is 0.604. The number of rotatable bonds is 1. The van der Waals surface area contributed by atoms with Crippen LogP contribution in [0.5, 0.6) is 0 Å². The molecular formula is C6H4ClF2N. The van der Waals surface area contributed by atoms with Gasteiger partial charge in [0.05, 0.1) is 5.69 Å². The van der Waals surface area contributed by atoms with Crippen LogP contribution in [0.1, 0.15) is 0 Å². The second kappa shape index (κ2) is 2.84. The molecule has 1 N–H and O–H groups in total. The maximum atomic E-state index is 12.5. The Morgan fingerprint density at radius 3 is 2.50 bits per heavy atom. The van der Waals surface area contributed by atoms with E-state index >= 15 is 0 Å². The van der Waals surface area contributed by atoms with E-state index in [4.69, 9.17) is 11.8 Å². The SMILES string of the molecule is Fc1ccc(F)c(NCl)c1. The summed E-state index contributed by atoms with van der Waals surface area (Å²) in [5.41, 5.74) is -0.0540. The lowest BCUT2D eigenvalue weighted by Crippen LogP contribution is -1.86. The molecule has 1 nitrogen and oxygen atoms in total. The summed E-state index contributed by atoms with van der Waals surface area (Å²) in [5.74, 6) is -1.10. The Morgan fingerprint density at radius 1 is 1.30 bits per heavy atom. The van der Waals surface area contributed by atoms with Gasteiger partial charge < -0.3 is 0 Å². The minimum absolute atomic E-state index is 0.0540. The highest BCUT2D eigenvalue weighted by atomic mass is 35.5. The van der Waals surface area contributed by atoms with Crippen LogP contribution in [0.25, 0.3) is 0 Å². The van der Waals surface area contributed by atoms with E-state index in [0.29, 0.717) is 0 Å². The molecule has 0 saturated heterocycles. The largest absolute Gasteiger partial charge is 0.295 e. The third-order valence-corrected chi connectivity index (χ3v) is 1.23. The highest BCUT2D eigenvalue weighted by molar-refractivity contribution is 6.23. The third-order valence-electron chi connectivity index (χ3n) is 1.03. The predicted octanol–water partition coefficient (Wildman–Crippen LogP) is 2.53. The summed E-state index contributed by atoms with van der Waals surface area (Å²) < 4.78 is 24.7. The minimum Gasteiger partial charge on any atom is -0.295 e. The van der Waals surface area contributed by atoms with Crippen molar-refractivity contribution in [3.63, 3.8) is 0 Å². The van der Waals surface area contributed by atoms with Crippen molar-refractivity contribution in [3.8, 4) is 0 Å². The average Bonchev–Trinajstić information content (AvgIpc) is 1.94. The van der Waals surface area contributed by atoms with Crippen LogP contribution in [0, 0.1) is 11.6 Å². The fourth-order valence-electron chi connectivity index (χ4n) is 0.570. The Balaban J connectivity index is 3.09. The number of halogens is 3.